The summed E-state index contributed by atoms with van der Waals surface area (Å²) in [5, 5.41) is 62.0. The Hall–Kier alpha value is -5.23. The third-order valence-corrected chi connectivity index (χ3v) is 14.2. The van der Waals surface area contributed by atoms with E-state index in [2.05, 4.69) is 61.4 Å². The third-order valence-electron chi connectivity index (χ3n) is 12.0. The van der Waals surface area contributed by atoms with Crippen LogP contribution in [0.2, 0.25) is 0 Å². The number of amides is 2. The predicted molar refractivity (Wildman–Crippen MR) is 260 cm³/mol. The maximum absolute atomic E-state index is 12.8. The Balaban J connectivity index is 0.000000211. The maximum atomic E-state index is 12.8. The van der Waals surface area contributed by atoms with E-state index in [1.165, 1.54) is 22.7 Å². The molecule has 0 aliphatic heterocycles. The summed E-state index contributed by atoms with van der Waals surface area (Å²) in [6, 6.07) is 31.8. The van der Waals surface area contributed by atoms with Crippen LogP contribution in [0.25, 0.3) is 45.0 Å². The molecule has 4 aromatic carbocycles. The largest absolute Gasteiger partial charge is 1.00 e. The van der Waals surface area contributed by atoms with Crippen molar-refractivity contribution in [3.8, 4) is 45.0 Å². The van der Waals surface area contributed by atoms with Gasteiger partial charge in [-0.05, 0) is 117 Å². The summed E-state index contributed by atoms with van der Waals surface area (Å²) in [7, 11) is 0. The van der Waals surface area contributed by atoms with Gasteiger partial charge in [0.1, 0.15) is 10.0 Å². The van der Waals surface area contributed by atoms with Crippen LogP contribution in [0.4, 0.5) is 0 Å². The number of H-pyrrole nitrogens is 2. The number of aromatic amines is 2. The molecule has 74 heavy (non-hydrogen) atoms. The molecule has 2 aliphatic carbocycles. The minimum atomic E-state index is -1.29. The Morgan fingerprint density at radius 1 is 0.541 bits per heavy atom. The molecule has 0 radical (unpaired) electrons. The smallest absolute Gasteiger partial charge is 0.545 e. The second-order valence-electron chi connectivity index (χ2n) is 16.6. The second kappa shape index (κ2) is 26.5. The van der Waals surface area contributed by atoms with Gasteiger partial charge in [0.2, 0.25) is 9.60 Å². The van der Waals surface area contributed by atoms with E-state index in [0.29, 0.717) is 85.7 Å². The number of aromatic nitrogens is 12. The van der Waals surface area contributed by atoms with Gasteiger partial charge in [-0.15, -0.1) is 10.2 Å². The van der Waals surface area contributed by atoms with Crippen molar-refractivity contribution >= 4 is 46.4 Å². The number of nitrogens with zero attached hydrogens (tertiary/aromatic N) is 12. The summed E-state index contributed by atoms with van der Waals surface area (Å²) >= 11 is 2.66. The molecule has 20 nitrogen and oxygen atoms in total. The third kappa shape index (κ3) is 13.4. The van der Waals surface area contributed by atoms with Crippen molar-refractivity contribution in [2.24, 2.45) is 9.98 Å². The van der Waals surface area contributed by atoms with Gasteiger partial charge in [-0.3, -0.25) is 9.59 Å². The fourth-order valence-corrected chi connectivity index (χ4v) is 10.1. The number of hydrogen-bond acceptors (Lipinski definition) is 16. The van der Waals surface area contributed by atoms with Crippen molar-refractivity contribution in [2.75, 3.05) is 0 Å². The molecule has 0 unspecified atom stereocenters. The number of benzene rings is 4. The molecule has 2 aliphatic rings. The zero-order chi connectivity index (χ0) is 50.1. The van der Waals surface area contributed by atoms with Crippen molar-refractivity contribution in [3.63, 3.8) is 0 Å². The van der Waals surface area contributed by atoms with E-state index in [0.717, 1.165) is 54.5 Å². The number of aliphatic carboxylic acids is 2. The van der Waals surface area contributed by atoms with Crippen molar-refractivity contribution < 1.29 is 132 Å². The Bertz CT molecular complexity index is 3280. The van der Waals surface area contributed by atoms with Crippen molar-refractivity contribution in [1.29, 1.82) is 0 Å². The van der Waals surface area contributed by atoms with Crippen molar-refractivity contribution in [3.05, 3.63) is 150 Å². The monoisotopic (exact) mass is 1080 g/mol. The van der Waals surface area contributed by atoms with Crippen molar-refractivity contribution in [2.45, 2.75) is 78.3 Å². The number of tetrazole rings is 2. The van der Waals surface area contributed by atoms with E-state index in [4.69, 9.17) is 0 Å². The molecule has 0 spiro atoms. The van der Waals surface area contributed by atoms with Crippen LogP contribution in [0.3, 0.4) is 0 Å². The molecule has 0 bridgehead atoms. The van der Waals surface area contributed by atoms with Gasteiger partial charge in [-0.2, -0.15) is 20.2 Å². The summed E-state index contributed by atoms with van der Waals surface area (Å²) in [4.78, 5) is 57.7. The molecular weight excluding hydrogens is 1030 g/mol. The molecule has 0 fully saturated rings. The van der Waals surface area contributed by atoms with Gasteiger partial charge in [-0.1, -0.05) is 134 Å². The summed E-state index contributed by atoms with van der Waals surface area (Å²) in [6.07, 6.45) is 4.11. The normalized spacial score (nSPS) is 13.6. The second-order valence-corrected chi connectivity index (χ2v) is 18.7. The zero-order valence-corrected chi connectivity index (χ0v) is 48.8. The van der Waals surface area contributed by atoms with Crippen LogP contribution in [-0.2, 0) is 45.1 Å². The van der Waals surface area contributed by atoms with Crippen LogP contribution in [0, 0.1) is 0 Å². The van der Waals surface area contributed by atoms with E-state index in [-0.39, 0.29) is 125 Å². The molecule has 8 aromatic rings. The topological polar surface area (TPSA) is 284 Å². The fraction of sp³-hybridized carbons (Fsp3) is 0.240. The standard InChI is InChI=1S/2C25H23N7O3S.2K/c2*1-2-21-29-32(25(36-21)26-23(33)19-8-5-9-20(19)24(34)35)14-15-10-12-16(13-11-15)17-6-3-4-7-18(17)22-27-30-31-28-22;;/h2*3-4,6-7,10-13H,2,5,8-9,14H2,1H3,(H,34,35)(H,27,28,30,31);;/q;;2*+1/p-2. The van der Waals surface area contributed by atoms with Crippen LogP contribution in [-0.4, -0.2) is 84.6 Å². The van der Waals surface area contributed by atoms with Gasteiger partial charge in [0, 0.05) is 22.3 Å². The van der Waals surface area contributed by atoms with Crippen LogP contribution in [0.5, 0.6) is 0 Å². The first-order valence-corrected chi connectivity index (χ1v) is 24.7. The number of carbonyl (C=O) groups is 4. The number of carboxylic acid groups (broad SMARTS) is 2. The molecule has 2 N–H and O–H groups in total. The van der Waals surface area contributed by atoms with E-state index in [1.807, 2.05) is 111 Å². The number of nitrogens with one attached hydrogen (secondary N) is 2. The molecule has 24 heteroatoms. The Kier molecular flexibility index (Phi) is 20.2. The molecule has 0 saturated carbocycles. The predicted octanol–water partition coefficient (Wildman–Crippen LogP) is -1.87. The van der Waals surface area contributed by atoms with Gasteiger partial charge < -0.3 is 19.8 Å². The van der Waals surface area contributed by atoms with E-state index in [1.54, 1.807) is 9.36 Å². The van der Waals surface area contributed by atoms with Crippen LogP contribution in [0.15, 0.2) is 129 Å². The summed E-state index contributed by atoms with van der Waals surface area (Å²) in [5.41, 5.74) is 8.35. The maximum Gasteiger partial charge on any atom is 1.00 e. The number of carbonyl (C=O) groups excluding carboxylic acids is 4. The minimum Gasteiger partial charge on any atom is -0.545 e. The van der Waals surface area contributed by atoms with Gasteiger partial charge in [-0.25, -0.2) is 19.6 Å². The average molecular weight is 1080 g/mol. The summed E-state index contributed by atoms with van der Waals surface area (Å²) in [5.74, 6) is -2.46. The Morgan fingerprint density at radius 3 is 1.24 bits per heavy atom. The molecule has 0 atom stereocenters. The molecule has 2 amide bonds. The van der Waals surface area contributed by atoms with Crippen LogP contribution >= 0.6 is 22.7 Å². The SMILES string of the molecule is CCc1nn(Cc2ccc(-c3ccccc3-c3nnn[nH]3)cc2)c(=NC(=O)C2=C(C(=O)[O-])CCC2)s1.CCc1nn(Cc2ccc(-c3ccccc3-c3nnn[nH]3)cc2)c(=NC(=O)C2=C(C(=O)[O-])CCC2)s1.[K+].[K+]. The molecule has 0 saturated heterocycles. The minimum absolute atomic E-state index is 0. The first-order valence-electron chi connectivity index (χ1n) is 23.1. The molecular formula is C50H44K2N14O6S2. The Labute approximate surface area is 516 Å². The van der Waals surface area contributed by atoms with Gasteiger partial charge >= 0.3 is 103 Å². The number of carboxylic acids is 2. The summed E-state index contributed by atoms with van der Waals surface area (Å²) < 4.78 is 3.39. The Morgan fingerprint density at radius 2 is 0.905 bits per heavy atom. The number of rotatable bonds is 14. The van der Waals surface area contributed by atoms with E-state index < -0.39 is 23.8 Å². The molecule has 10 rings (SSSR count). The first kappa shape index (κ1) is 56.5. The van der Waals surface area contributed by atoms with Crippen molar-refractivity contribution in [1.82, 2.24) is 60.8 Å². The zero-order valence-electron chi connectivity index (χ0n) is 40.9. The quantitative estimate of drug-likeness (QED) is 0.113. The molecule has 4 aromatic heterocycles. The fourth-order valence-electron chi connectivity index (χ4n) is 8.44. The summed E-state index contributed by atoms with van der Waals surface area (Å²) in [6.45, 7) is 4.81. The van der Waals surface area contributed by atoms with Gasteiger partial charge in [0.15, 0.2) is 11.6 Å². The van der Waals surface area contributed by atoms with Gasteiger partial charge in [0.05, 0.1) is 25.0 Å². The molecule has 364 valence electrons. The van der Waals surface area contributed by atoms with Crippen LogP contribution < -0.4 is 123 Å². The van der Waals surface area contributed by atoms with E-state index in [9.17, 15) is 29.4 Å². The first-order chi connectivity index (χ1) is 35.1. The van der Waals surface area contributed by atoms with E-state index >= 15 is 0 Å². The number of hydrogen-bond donors (Lipinski definition) is 2. The average Bonchev–Trinajstić information content (AvgIpc) is 4.27. The number of aryl methyl sites for hydroxylation is 2. The van der Waals surface area contributed by atoms with Crippen LogP contribution in [0.1, 0.15) is 73.5 Å². The van der Waals surface area contributed by atoms with Gasteiger partial charge in [0.25, 0.3) is 11.8 Å². The molecule has 4 heterocycles.